The van der Waals surface area contributed by atoms with Crippen molar-refractivity contribution in [3.05, 3.63) is 34.4 Å². The highest BCUT2D eigenvalue weighted by Crippen LogP contribution is 2.36. The van der Waals surface area contributed by atoms with Crippen LogP contribution in [0.15, 0.2) is 12.1 Å². The summed E-state index contributed by atoms with van der Waals surface area (Å²) in [5.41, 5.74) is -1.36. The summed E-state index contributed by atoms with van der Waals surface area (Å²) < 4.78 is 76.6. The molecular formula is C14H16F6. The summed E-state index contributed by atoms with van der Waals surface area (Å²) in [4.78, 5) is 0. The second-order valence-corrected chi connectivity index (χ2v) is 4.40. The molecule has 6 heteroatoms. The molecule has 0 nitrogen and oxygen atoms in total. The van der Waals surface area contributed by atoms with Gasteiger partial charge < -0.3 is 0 Å². The molecule has 0 spiro atoms. The number of aryl methyl sites for hydroxylation is 2. The van der Waals surface area contributed by atoms with Crippen LogP contribution in [0.4, 0.5) is 26.3 Å². The number of rotatable bonds is 8. The monoisotopic (exact) mass is 298 g/mol. The number of hydrogen-bond donors (Lipinski definition) is 0. The summed E-state index contributed by atoms with van der Waals surface area (Å²) in [5, 5.41) is 0. The first kappa shape index (κ1) is 16.9. The van der Waals surface area contributed by atoms with Crippen LogP contribution in [0.2, 0.25) is 0 Å². The van der Waals surface area contributed by atoms with Crippen LogP contribution in [0.5, 0.6) is 0 Å². The predicted octanol–water partition coefficient (Wildman–Crippen LogP) is 5.37. The Kier molecular flexibility index (Phi) is 6.88. The minimum absolute atomic E-state index is 0.00618. The average molecular weight is 298 g/mol. The molecule has 0 saturated heterocycles. The lowest BCUT2D eigenvalue weighted by atomic mass is 9.92. The van der Waals surface area contributed by atoms with Crippen molar-refractivity contribution in [1.82, 2.24) is 0 Å². The van der Waals surface area contributed by atoms with E-state index in [9.17, 15) is 26.3 Å². The molecule has 0 bridgehead atoms. The van der Waals surface area contributed by atoms with Crippen molar-refractivity contribution in [1.29, 1.82) is 0 Å². The molecule has 0 saturated carbocycles. The highest BCUT2D eigenvalue weighted by Gasteiger charge is 2.25. The van der Waals surface area contributed by atoms with E-state index in [1.165, 1.54) is 12.1 Å². The standard InChI is InChI=1S/C14H16F6/c15-7-1-3-9-5-6-10(4-2-8-16)12(14(19)20)11(9)13(17)18/h5-6,13-14H,1-4,7-8H2. The first-order valence-corrected chi connectivity index (χ1v) is 6.35. The molecule has 0 aliphatic heterocycles. The van der Waals surface area contributed by atoms with Gasteiger partial charge in [-0.3, -0.25) is 8.78 Å². The number of halogens is 6. The lowest BCUT2D eigenvalue weighted by molar-refractivity contribution is 0.122. The van der Waals surface area contributed by atoms with Gasteiger partial charge in [0.1, 0.15) is 0 Å². The molecule has 1 rings (SSSR count). The smallest absolute Gasteiger partial charge is 0.251 e. The van der Waals surface area contributed by atoms with Crippen LogP contribution in [0.3, 0.4) is 0 Å². The highest BCUT2D eigenvalue weighted by atomic mass is 19.3. The minimum Gasteiger partial charge on any atom is -0.251 e. The van der Waals surface area contributed by atoms with Crippen LogP contribution in [-0.2, 0) is 12.8 Å². The quantitative estimate of drug-likeness (QED) is 0.566. The van der Waals surface area contributed by atoms with Crippen molar-refractivity contribution < 1.29 is 26.3 Å². The second-order valence-electron chi connectivity index (χ2n) is 4.40. The van der Waals surface area contributed by atoms with Gasteiger partial charge in [0.05, 0.1) is 13.3 Å². The SMILES string of the molecule is FCCCc1ccc(CCCF)c(C(F)F)c1C(F)F. The fourth-order valence-corrected chi connectivity index (χ4v) is 2.19. The van der Waals surface area contributed by atoms with Gasteiger partial charge in [-0.05, 0) is 36.8 Å². The van der Waals surface area contributed by atoms with E-state index in [1.807, 2.05) is 0 Å². The predicted molar refractivity (Wildman–Crippen MR) is 64.9 cm³/mol. The third-order valence-corrected chi connectivity index (χ3v) is 3.06. The van der Waals surface area contributed by atoms with E-state index in [0.717, 1.165) is 0 Å². The zero-order chi connectivity index (χ0) is 15.1. The van der Waals surface area contributed by atoms with Gasteiger partial charge in [-0.15, -0.1) is 0 Å². The summed E-state index contributed by atoms with van der Waals surface area (Å²) in [6.45, 7) is -1.40. The fourth-order valence-electron chi connectivity index (χ4n) is 2.19. The van der Waals surface area contributed by atoms with E-state index < -0.39 is 37.3 Å². The van der Waals surface area contributed by atoms with Crippen LogP contribution < -0.4 is 0 Å². The molecule has 1 aromatic carbocycles. The first-order valence-electron chi connectivity index (χ1n) is 6.35. The highest BCUT2D eigenvalue weighted by molar-refractivity contribution is 5.43. The molecule has 20 heavy (non-hydrogen) atoms. The third kappa shape index (κ3) is 4.15. The van der Waals surface area contributed by atoms with Crippen molar-refractivity contribution in [3.63, 3.8) is 0 Å². The Morgan fingerprint density at radius 1 is 0.700 bits per heavy atom. The van der Waals surface area contributed by atoms with Crippen LogP contribution in [0, 0.1) is 0 Å². The Balaban J connectivity index is 3.26. The van der Waals surface area contributed by atoms with Crippen LogP contribution >= 0.6 is 0 Å². The molecule has 0 fully saturated rings. The van der Waals surface area contributed by atoms with E-state index in [1.54, 1.807) is 0 Å². The van der Waals surface area contributed by atoms with Crippen molar-refractivity contribution in [2.75, 3.05) is 13.3 Å². The van der Waals surface area contributed by atoms with Gasteiger partial charge in [0.2, 0.25) is 0 Å². The summed E-state index contributed by atoms with van der Waals surface area (Å²) in [6.07, 6.45) is -6.13. The van der Waals surface area contributed by atoms with Gasteiger partial charge in [-0.2, -0.15) is 0 Å². The summed E-state index contributed by atoms with van der Waals surface area (Å²) >= 11 is 0. The van der Waals surface area contributed by atoms with Crippen molar-refractivity contribution in [3.8, 4) is 0 Å². The summed E-state index contributed by atoms with van der Waals surface area (Å²) in [7, 11) is 0. The Hall–Kier alpha value is -1.20. The topological polar surface area (TPSA) is 0 Å². The van der Waals surface area contributed by atoms with E-state index in [-0.39, 0.29) is 36.8 Å². The Bertz CT molecular complexity index is 377. The Labute approximate surface area is 113 Å². The molecule has 114 valence electrons. The van der Waals surface area contributed by atoms with E-state index in [2.05, 4.69) is 0 Å². The molecule has 0 N–H and O–H groups in total. The van der Waals surface area contributed by atoms with Crippen molar-refractivity contribution in [2.24, 2.45) is 0 Å². The van der Waals surface area contributed by atoms with E-state index in [4.69, 9.17) is 0 Å². The molecule has 0 radical (unpaired) electrons. The van der Waals surface area contributed by atoms with Gasteiger partial charge in [-0.25, -0.2) is 17.6 Å². The fraction of sp³-hybridized carbons (Fsp3) is 0.571. The van der Waals surface area contributed by atoms with Gasteiger partial charge in [0.15, 0.2) is 0 Å². The first-order chi connectivity index (χ1) is 9.52. The molecule has 0 aliphatic rings. The third-order valence-electron chi connectivity index (χ3n) is 3.06. The molecular weight excluding hydrogens is 282 g/mol. The second kappa shape index (κ2) is 8.17. The number of alkyl halides is 6. The van der Waals surface area contributed by atoms with E-state index >= 15 is 0 Å². The molecule has 0 aliphatic carbocycles. The minimum atomic E-state index is -3.06. The van der Waals surface area contributed by atoms with E-state index in [0.29, 0.717) is 0 Å². The van der Waals surface area contributed by atoms with Gasteiger partial charge in [0, 0.05) is 11.1 Å². The largest absolute Gasteiger partial charge is 0.264 e. The average Bonchev–Trinajstić information content (AvgIpc) is 2.41. The normalized spacial score (nSPS) is 11.6. The van der Waals surface area contributed by atoms with Crippen LogP contribution in [-0.4, -0.2) is 13.3 Å². The zero-order valence-corrected chi connectivity index (χ0v) is 10.8. The van der Waals surface area contributed by atoms with Crippen LogP contribution in [0.25, 0.3) is 0 Å². The lowest BCUT2D eigenvalue weighted by Gasteiger charge is -2.18. The molecule has 0 amide bonds. The zero-order valence-electron chi connectivity index (χ0n) is 10.8. The Morgan fingerprint density at radius 2 is 1.05 bits per heavy atom. The molecule has 1 aromatic rings. The number of hydrogen-bond acceptors (Lipinski definition) is 0. The van der Waals surface area contributed by atoms with Gasteiger partial charge in [-0.1, -0.05) is 12.1 Å². The molecule has 0 atom stereocenters. The Morgan fingerprint density at radius 3 is 1.30 bits per heavy atom. The summed E-state index contributed by atoms with van der Waals surface area (Å²) in [5.74, 6) is 0. The van der Waals surface area contributed by atoms with Crippen LogP contribution in [0.1, 0.15) is 47.9 Å². The summed E-state index contributed by atoms with van der Waals surface area (Å²) in [6, 6.07) is 2.63. The van der Waals surface area contributed by atoms with Gasteiger partial charge >= 0.3 is 0 Å². The lowest BCUT2D eigenvalue weighted by Crippen LogP contribution is -2.07. The maximum Gasteiger partial charge on any atom is 0.264 e. The maximum atomic E-state index is 13.1. The van der Waals surface area contributed by atoms with Crippen molar-refractivity contribution in [2.45, 2.75) is 38.5 Å². The van der Waals surface area contributed by atoms with Gasteiger partial charge in [0.25, 0.3) is 12.9 Å². The molecule has 0 heterocycles. The number of benzene rings is 1. The molecule has 0 unspecified atom stereocenters. The molecule has 0 aromatic heterocycles. The maximum absolute atomic E-state index is 13.1. The van der Waals surface area contributed by atoms with Crippen molar-refractivity contribution >= 4 is 0 Å².